The van der Waals surface area contributed by atoms with Crippen molar-refractivity contribution in [3.8, 4) is 28.5 Å². The van der Waals surface area contributed by atoms with Crippen molar-refractivity contribution >= 4 is 71.3 Å². The Kier molecular flexibility index (Phi) is 5.98. The lowest BCUT2D eigenvalue weighted by molar-refractivity contribution is 0.663. The van der Waals surface area contributed by atoms with E-state index >= 15 is 0 Å². The van der Waals surface area contributed by atoms with Crippen molar-refractivity contribution in [1.29, 1.82) is 0 Å². The molecule has 1 aliphatic rings. The highest BCUT2D eigenvalue weighted by molar-refractivity contribution is 6.23. The first-order chi connectivity index (χ1) is 25.3. The molecule has 0 amide bonds. The molecule has 0 saturated heterocycles. The molecular weight excluding hydrogens is 629 g/mol. The van der Waals surface area contributed by atoms with Crippen molar-refractivity contribution in [1.82, 2.24) is 19.5 Å². The number of allylic oxidation sites excluding steroid dienone is 4. The molecule has 0 aliphatic heterocycles. The molecule has 0 spiro atoms. The van der Waals surface area contributed by atoms with Crippen molar-refractivity contribution in [2.24, 2.45) is 0 Å². The van der Waals surface area contributed by atoms with Crippen LogP contribution in [0.5, 0.6) is 0 Å². The van der Waals surface area contributed by atoms with Crippen LogP contribution in [0.2, 0.25) is 0 Å². The van der Waals surface area contributed by atoms with Gasteiger partial charge in [-0.2, -0.15) is 0 Å². The molecule has 4 aromatic heterocycles. The van der Waals surface area contributed by atoms with Crippen LogP contribution in [-0.4, -0.2) is 19.5 Å². The summed E-state index contributed by atoms with van der Waals surface area (Å²) in [7, 11) is 0. The van der Waals surface area contributed by atoms with Crippen LogP contribution in [0.4, 0.5) is 0 Å². The van der Waals surface area contributed by atoms with Gasteiger partial charge in [-0.3, -0.25) is 0 Å². The number of aromatic nitrogens is 4. The third kappa shape index (κ3) is 4.26. The molecule has 0 radical (unpaired) electrons. The van der Waals surface area contributed by atoms with Gasteiger partial charge in [-0.05, 0) is 60.9 Å². The van der Waals surface area contributed by atoms with Gasteiger partial charge in [0.05, 0.1) is 22.0 Å². The minimum Gasteiger partial charge on any atom is -0.456 e. The average molecular weight is 657 g/mol. The summed E-state index contributed by atoms with van der Waals surface area (Å²) in [6.45, 7) is 0. The molecular formula is C45H28N4O2. The number of hydrogen-bond donors (Lipinski definition) is 0. The highest BCUT2D eigenvalue weighted by atomic mass is 16.3. The maximum atomic E-state index is 6.88. The van der Waals surface area contributed by atoms with Gasteiger partial charge in [-0.25, -0.2) is 15.0 Å². The molecule has 11 rings (SSSR count). The molecule has 0 unspecified atom stereocenters. The molecule has 240 valence electrons. The van der Waals surface area contributed by atoms with Gasteiger partial charge < -0.3 is 13.4 Å². The Morgan fingerprint density at radius 2 is 1.24 bits per heavy atom. The van der Waals surface area contributed by atoms with E-state index in [1.807, 2.05) is 36.4 Å². The molecule has 10 aromatic rings. The molecule has 4 heterocycles. The van der Waals surface area contributed by atoms with Crippen LogP contribution >= 0.6 is 0 Å². The standard InChI is InChI=1S/C45H28N4O2/c1-3-12-27(13-4-1)43-46-44(28-14-5-2-6-15-28)48-45(47-43)35-19-11-18-32-33-24-25-38-40(42(33)51-41(32)35)34-23-22-29(26-39(34)50-38)49-36-20-9-7-16-30(36)31-17-8-10-21-37(31)49/h1-5,7-14,16-26H,6,15H2. The number of rotatable bonds is 4. The number of benzene rings is 6. The second-order valence-electron chi connectivity index (χ2n) is 13.1. The lowest BCUT2D eigenvalue weighted by atomic mass is 10.0. The number of furan rings is 2. The van der Waals surface area contributed by atoms with Crippen molar-refractivity contribution in [3.05, 3.63) is 151 Å². The quantitative estimate of drug-likeness (QED) is 0.189. The van der Waals surface area contributed by atoms with Crippen LogP contribution in [-0.2, 0) is 0 Å². The number of nitrogens with zero attached hydrogens (tertiary/aromatic N) is 4. The van der Waals surface area contributed by atoms with E-state index in [0.29, 0.717) is 17.5 Å². The summed E-state index contributed by atoms with van der Waals surface area (Å²) in [5.41, 5.74) is 9.35. The predicted octanol–water partition coefficient (Wildman–Crippen LogP) is 11.8. The second kappa shape index (κ2) is 10.9. The molecule has 6 aromatic carbocycles. The van der Waals surface area contributed by atoms with E-state index in [1.54, 1.807) is 0 Å². The van der Waals surface area contributed by atoms with E-state index in [-0.39, 0.29) is 0 Å². The Balaban J connectivity index is 1.11. The zero-order valence-corrected chi connectivity index (χ0v) is 27.4. The molecule has 0 saturated carbocycles. The topological polar surface area (TPSA) is 69.9 Å². The van der Waals surface area contributed by atoms with E-state index in [4.69, 9.17) is 23.8 Å². The predicted molar refractivity (Wildman–Crippen MR) is 206 cm³/mol. The molecule has 0 bridgehead atoms. The summed E-state index contributed by atoms with van der Waals surface area (Å²) in [6, 6.07) is 44.0. The number of para-hydroxylation sites is 3. The fourth-order valence-electron chi connectivity index (χ4n) is 7.77. The molecule has 1 aliphatic carbocycles. The van der Waals surface area contributed by atoms with Crippen LogP contribution in [0, 0.1) is 0 Å². The highest BCUT2D eigenvalue weighted by Gasteiger charge is 2.22. The van der Waals surface area contributed by atoms with E-state index in [0.717, 1.165) is 90.1 Å². The lowest BCUT2D eigenvalue weighted by Crippen LogP contribution is -2.03. The summed E-state index contributed by atoms with van der Waals surface area (Å²) >= 11 is 0. The Labute approximate surface area is 291 Å². The Bertz CT molecular complexity index is 3030. The summed E-state index contributed by atoms with van der Waals surface area (Å²) in [5, 5.41) is 6.44. The van der Waals surface area contributed by atoms with E-state index in [9.17, 15) is 0 Å². The summed E-state index contributed by atoms with van der Waals surface area (Å²) in [4.78, 5) is 15.0. The zero-order valence-electron chi connectivity index (χ0n) is 27.4. The van der Waals surface area contributed by atoms with Crippen LogP contribution in [0.15, 0.2) is 154 Å². The first-order valence-corrected chi connectivity index (χ1v) is 17.3. The minimum atomic E-state index is 0.586. The number of fused-ring (bicyclic) bond motifs is 10. The minimum absolute atomic E-state index is 0.586. The van der Waals surface area contributed by atoms with Crippen LogP contribution in [0.3, 0.4) is 0 Å². The normalized spacial score (nSPS) is 13.4. The third-order valence-corrected chi connectivity index (χ3v) is 10.1. The van der Waals surface area contributed by atoms with Crippen LogP contribution in [0.25, 0.3) is 99.7 Å². The zero-order chi connectivity index (χ0) is 33.5. The molecule has 0 fully saturated rings. The Morgan fingerprint density at radius 1 is 0.529 bits per heavy atom. The van der Waals surface area contributed by atoms with E-state index in [2.05, 4.69) is 114 Å². The second-order valence-corrected chi connectivity index (χ2v) is 13.1. The van der Waals surface area contributed by atoms with E-state index in [1.165, 1.54) is 10.8 Å². The van der Waals surface area contributed by atoms with Crippen molar-refractivity contribution in [2.75, 3.05) is 0 Å². The van der Waals surface area contributed by atoms with Crippen LogP contribution in [0.1, 0.15) is 18.7 Å². The van der Waals surface area contributed by atoms with Gasteiger partial charge in [0.1, 0.15) is 22.3 Å². The van der Waals surface area contributed by atoms with Gasteiger partial charge in [0.2, 0.25) is 0 Å². The average Bonchev–Trinajstić information content (AvgIpc) is 3.87. The summed E-state index contributed by atoms with van der Waals surface area (Å²) in [6.07, 6.45) is 8.20. The van der Waals surface area contributed by atoms with Gasteiger partial charge in [-0.15, -0.1) is 0 Å². The van der Waals surface area contributed by atoms with Gasteiger partial charge in [0.25, 0.3) is 0 Å². The van der Waals surface area contributed by atoms with Gasteiger partial charge in [-0.1, -0.05) is 97.1 Å². The van der Waals surface area contributed by atoms with Gasteiger partial charge in [0, 0.05) is 44.2 Å². The van der Waals surface area contributed by atoms with Crippen molar-refractivity contribution < 1.29 is 8.83 Å². The first kappa shape index (κ1) is 28.1. The highest BCUT2D eigenvalue weighted by Crippen LogP contribution is 2.43. The maximum absolute atomic E-state index is 6.88. The van der Waals surface area contributed by atoms with Crippen LogP contribution < -0.4 is 0 Å². The molecule has 6 nitrogen and oxygen atoms in total. The third-order valence-electron chi connectivity index (χ3n) is 10.1. The largest absolute Gasteiger partial charge is 0.456 e. The number of hydrogen-bond acceptors (Lipinski definition) is 5. The fourth-order valence-corrected chi connectivity index (χ4v) is 7.77. The van der Waals surface area contributed by atoms with Gasteiger partial charge in [0.15, 0.2) is 17.5 Å². The summed E-state index contributed by atoms with van der Waals surface area (Å²) < 4.78 is 15.8. The molecule has 0 atom stereocenters. The Morgan fingerprint density at radius 3 is 2.04 bits per heavy atom. The van der Waals surface area contributed by atoms with Gasteiger partial charge >= 0.3 is 0 Å². The van der Waals surface area contributed by atoms with E-state index < -0.39 is 0 Å². The van der Waals surface area contributed by atoms with Crippen molar-refractivity contribution in [3.63, 3.8) is 0 Å². The molecule has 0 N–H and O–H groups in total. The Hall–Kier alpha value is -6.79. The lowest BCUT2D eigenvalue weighted by Gasteiger charge is -2.11. The SMILES string of the molecule is C1=CCCC(c2nc(-c3ccccc3)nc(-c3cccc4c3oc3c4ccc4oc5cc(-n6c7ccccc7c7ccccc76)ccc5c43)n2)=C1. The monoisotopic (exact) mass is 656 g/mol. The summed E-state index contributed by atoms with van der Waals surface area (Å²) in [5.74, 6) is 1.92. The maximum Gasteiger partial charge on any atom is 0.167 e. The first-order valence-electron chi connectivity index (χ1n) is 17.3. The smallest absolute Gasteiger partial charge is 0.167 e. The van der Waals surface area contributed by atoms with Crippen molar-refractivity contribution in [2.45, 2.75) is 12.8 Å². The fraction of sp³-hybridized carbons (Fsp3) is 0.0444. The molecule has 51 heavy (non-hydrogen) atoms. The molecule has 6 heteroatoms.